The zero-order chi connectivity index (χ0) is 19.1. The zero-order valence-corrected chi connectivity index (χ0v) is 16.5. The topological polar surface area (TPSA) is 46.9 Å². The molecule has 0 unspecified atom stereocenters. The first-order chi connectivity index (χ1) is 12.5. The van der Waals surface area contributed by atoms with Gasteiger partial charge in [-0.05, 0) is 38.1 Å². The molecule has 26 heavy (non-hydrogen) atoms. The van der Waals surface area contributed by atoms with Crippen molar-refractivity contribution in [1.29, 1.82) is 0 Å². The van der Waals surface area contributed by atoms with Gasteiger partial charge in [-0.1, -0.05) is 50.2 Å². The van der Waals surface area contributed by atoms with Gasteiger partial charge in [0.2, 0.25) is 0 Å². The number of aryl methyl sites for hydroxylation is 2. The Morgan fingerprint density at radius 2 is 1.08 bits per heavy atom. The average Bonchev–Trinajstić information content (AvgIpc) is 2.64. The van der Waals surface area contributed by atoms with Crippen molar-refractivity contribution in [2.75, 3.05) is 26.2 Å². The molecule has 0 spiro atoms. The van der Waals surface area contributed by atoms with Crippen LogP contribution in [0.5, 0.6) is 11.5 Å². The Balaban J connectivity index is 1.97. The number of nitrogens with zero attached hydrogens (tertiary/aromatic N) is 2. The van der Waals surface area contributed by atoms with Crippen LogP contribution in [-0.2, 0) is 13.1 Å². The highest BCUT2D eigenvalue weighted by atomic mass is 16.3. The van der Waals surface area contributed by atoms with Crippen LogP contribution in [0.25, 0.3) is 0 Å². The lowest BCUT2D eigenvalue weighted by Gasteiger charge is -2.27. The maximum atomic E-state index is 10.3. The Kier molecular flexibility index (Phi) is 7.49. The van der Waals surface area contributed by atoms with Crippen molar-refractivity contribution in [3.63, 3.8) is 0 Å². The van der Waals surface area contributed by atoms with E-state index in [1.165, 1.54) is 0 Å². The summed E-state index contributed by atoms with van der Waals surface area (Å²) >= 11 is 0. The monoisotopic (exact) mass is 356 g/mol. The summed E-state index contributed by atoms with van der Waals surface area (Å²) in [4.78, 5) is 4.68. The molecule has 2 N–H and O–H groups in total. The summed E-state index contributed by atoms with van der Waals surface area (Å²) in [5, 5.41) is 20.5. The maximum Gasteiger partial charge on any atom is 0.122 e. The van der Waals surface area contributed by atoms with Crippen LogP contribution in [-0.4, -0.2) is 46.2 Å². The van der Waals surface area contributed by atoms with Crippen LogP contribution >= 0.6 is 0 Å². The summed E-state index contributed by atoms with van der Waals surface area (Å²) < 4.78 is 0. The van der Waals surface area contributed by atoms with Crippen molar-refractivity contribution in [1.82, 2.24) is 9.80 Å². The second-order valence-electron chi connectivity index (χ2n) is 6.90. The van der Waals surface area contributed by atoms with Gasteiger partial charge in [-0.3, -0.25) is 9.80 Å². The van der Waals surface area contributed by atoms with Crippen molar-refractivity contribution in [3.05, 3.63) is 58.7 Å². The molecule has 0 amide bonds. The molecule has 0 aliphatic heterocycles. The van der Waals surface area contributed by atoms with E-state index in [2.05, 4.69) is 23.6 Å². The van der Waals surface area contributed by atoms with Gasteiger partial charge < -0.3 is 10.2 Å². The Bertz CT molecular complexity index is 654. The molecule has 0 heterocycles. The number of hydrogen-bond donors (Lipinski definition) is 2. The molecule has 0 aliphatic rings. The highest BCUT2D eigenvalue weighted by Gasteiger charge is 2.12. The van der Waals surface area contributed by atoms with Crippen LogP contribution in [0.4, 0.5) is 0 Å². The molecule has 0 saturated heterocycles. The molecule has 0 aromatic heterocycles. The molecular weight excluding hydrogens is 324 g/mol. The second kappa shape index (κ2) is 9.60. The minimum atomic E-state index is 0.406. The summed E-state index contributed by atoms with van der Waals surface area (Å²) in [6.45, 7) is 13.4. The smallest absolute Gasteiger partial charge is 0.122 e. The van der Waals surface area contributed by atoms with E-state index < -0.39 is 0 Å². The molecule has 0 bridgehead atoms. The van der Waals surface area contributed by atoms with Gasteiger partial charge in [0.15, 0.2) is 0 Å². The van der Waals surface area contributed by atoms with Gasteiger partial charge in [0.05, 0.1) is 0 Å². The normalized spacial score (nSPS) is 11.5. The molecule has 0 atom stereocenters. The SMILES string of the molecule is CCN(CCN(CC)Cc1cccc(C)c1O)Cc1cccc(C)c1O. The summed E-state index contributed by atoms with van der Waals surface area (Å²) in [7, 11) is 0. The molecular formula is C22H32N2O2. The number of benzene rings is 2. The van der Waals surface area contributed by atoms with Gasteiger partial charge in [0.25, 0.3) is 0 Å². The van der Waals surface area contributed by atoms with E-state index in [-0.39, 0.29) is 0 Å². The zero-order valence-electron chi connectivity index (χ0n) is 16.5. The first-order valence-corrected chi connectivity index (χ1v) is 9.45. The predicted molar refractivity (Wildman–Crippen MR) is 108 cm³/mol. The van der Waals surface area contributed by atoms with Crippen molar-refractivity contribution < 1.29 is 10.2 Å². The fourth-order valence-electron chi connectivity index (χ4n) is 3.16. The molecule has 0 fully saturated rings. The minimum Gasteiger partial charge on any atom is -0.507 e. The van der Waals surface area contributed by atoms with E-state index in [0.29, 0.717) is 11.5 Å². The van der Waals surface area contributed by atoms with Crippen molar-refractivity contribution in [2.24, 2.45) is 0 Å². The van der Waals surface area contributed by atoms with Crippen molar-refractivity contribution >= 4 is 0 Å². The molecule has 2 aromatic rings. The summed E-state index contributed by atoms with van der Waals surface area (Å²) in [6.07, 6.45) is 0. The minimum absolute atomic E-state index is 0.406. The largest absolute Gasteiger partial charge is 0.507 e. The quantitative estimate of drug-likeness (QED) is 0.711. The van der Waals surface area contributed by atoms with Crippen LogP contribution in [0, 0.1) is 13.8 Å². The number of aromatic hydroxyl groups is 2. The van der Waals surface area contributed by atoms with Crippen LogP contribution in [0.3, 0.4) is 0 Å². The van der Waals surface area contributed by atoms with E-state index in [1.807, 2.05) is 50.2 Å². The first-order valence-electron chi connectivity index (χ1n) is 9.45. The number of hydrogen-bond acceptors (Lipinski definition) is 4. The first kappa shape index (κ1) is 20.3. The molecule has 0 radical (unpaired) electrons. The second-order valence-corrected chi connectivity index (χ2v) is 6.90. The molecule has 0 aliphatic carbocycles. The summed E-state index contributed by atoms with van der Waals surface area (Å²) in [5.41, 5.74) is 3.80. The van der Waals surface area contributed by atoms with E-state index in [1.54, 1.807) is 0 Å². The molecule has 0 saturated carbocycles. The van der Waals surface area contributed by atoms with Gasteiger partial charge in [-0.25, -0.2) is 0 Å². The maximum absolute atomic E-state index is 10.3. The van der Waals surface area contributed by atoms with Crippen LogP contribution in [0.15, 0.2) is 36.4 Å². The fraction of sp³-hybridized carbons (Fsp3) is 0.455. The standard InChI is InChI=1S/C22H32N2O2/c1-5-23(15-19-11-7-9-17(3)21(19)25)13-14-24(6-2)16-20-12-8-10-18(4)22(20)26/h7-12,25-26H,5-6,13-16H2,1-4H3. The fourth-order valence-corrected chi connectivity index (χ4v) is 3.16. The van der Waals surface area contributed by atoms with E-state index in [9.17, 15) is 10.2 Å². The van der Waals surface area contributed by atoms with Crippen LogP contribution < -0.4 is 0 Å². The van der Waals surface area contributed by atoms with Crippen LogP contribution in [0.2, 0.25) is 0 Å². The number of phenolic OH excluding ortho intramolecular Hbond substituents is 2. The highest BCUT2D eigenvalue weighted by molar-refractivity contribution is 5.40. The van der Waals surface area contributed by atoms with E-state index in [0.717, 1.165) is 61.5 Å². The third kappa shape index (κ3) is 5.23. The molecule has 4 heteroatoms. The highest BCUT2D eigenvalue weighted by Crippen LogP contribution is 2.24. The van der Waals surface area contributed by atoms with Gasteiger partial charge in [-0.15, -0.1) is 0 Å². The Morgan fingerprint density at radius 3 is 1.42 bits per heavy atom. The number of phenols is 2. The molecule has 142 valence electrons. The Labute approximate surface area is 157 Å². The molecule has 4 nitrogen and oxygen atoms in total. The van der Waals surface area contributed by atoms with Gasteiger partial charge >= 0.3 is 0 Å². The predicted octanol–water partition coefficient (Wildman–Crippen LogP) is 4.06. The lowest BCUT2D eigenvalue weighted by molar-refractivity contribution is 0.202. The summed E-state index contributed by atoms with van der Waals surface area (Å²) in [6, 6.07) is 11.8. The van der Waals surface area contributed by atoms with Crippen LogP contribution in [0.1, 0.15) is 36.1 Å². The van der Waals surface area contributed by atoms with Crippen molar-refractivity contribution in [2.45, 2.75) is 40.8 Å². The lowest BCUT2D eigenvalue weighted by Crippen LogP contribution is -2.34. The number of likely N-dealkylation sites (N-methyl/N-ethyl adjacent to an activating group) is 2. The molecule has 2 rings (SSSR count). The lowest BCUT2D eigenvalue weighted by atomic mass is 10.1. The summed E-state index contributed by atoms with van der Waals surface area (Å²) in [5.74, 6) is 0.811. The third-order valence-corrected chi connectivity index (χ3v) is 5.06. The average molecular weight is 357 g/mol. The Morgan fingerprint density at radius 1 is 0.692 bits per heavy atom. The van der Waals surface area contributed by atoms with Gasteiger partial charge in [0, 0.05) is 37.3 Å². The third-order valence-electron chi connectivity index (χ3n) is 5.06. The van der Waals surface area contributed by atoms with E-state index in [4.69, 9.17) is 0 Å². The molecule has 2 aromatic carbocycles. The number of rotatable bonds is 9. The van der Waals surface area contributed by atoms with Crippen molar-refractivity contribution in [3.8, 4) is 11.5 Å². The van der Waals surface area contributed by atoms with E-state index >= 15 is 0 Å². The Hall–Kier alpha value is -2.04. The van der Waals surface area contributed by atoms with Gasteiger partial charge in [-0.2, -0.15) is 0 Å². The van der Waals surface area contributed by atoms with Gasteiger partial charge in [0.1, 0.15) is 11.5 Å². The number of para-hydroxylation sites is 2.